The Labute approximate surface area is 207 Å². The van der Waals surface area contributed by atoms with Gasteiger partial charge in [0.1, 0.15) is 5.44 Å². The van der Waals surface area contributed by atoms with Crippen LogP contribution < -0.4 is 0 Å². The van der Waals surface area contributed by atoms with Crippen molar-refractivity contribution in [3.63, 3.8) is 0 Å². The highest BCUT2D eigenvalue weighted by molar-refractivity contribution is 7.99. The average molecular weight is 503 g/mol. The van der Waals surface area contributed by atoms with E-state index in [9.17, 15) is 19.2 Å². The number of rotatable bonds is 8. The molecule has 186 valence electrons. The largest absolute Gasteiger partial charge is 0.467 e. The van der Waals surface area contributed by atoms with E-state index < -0.39 is 53.7 Å². The molecule has 0 N–H and O–H groups in total. The Bertz CT molecular complexity index is 1030. The number of hydrogen-bond donors (Lipinski definition) is 0. The van der Waals surface area contributed by atoms with Gasteiger partial charge in [-0.1, -0.05) is 43.3 Å². The minimum absolute atomic E-state index is 0.209. The molecule has 1 saturated heterocycles. The maximum atomic E-state index is 12.9. The summed E-state index contributed by atoms with van der Waals surface area (Å²) in [5.41, 5.74) is -0.435. The third-order valence-electron chi connectivity index (χ3n) is 5.07. The van der Waals surface area contributed by atoms with Gasteiger partial charge >= 0.3 is 23.9 Å². The first kappa shape index (κ1) is 26.2. The quantitative estimate of drug-likeness (QED) is 0.394. The number of hydrogen-bond acceptors (Lipinski definition) is 10. The van der Waals surface area contributed by atoms with Crippen LogP contribution >= 0.6 is 11.8 Å². The summed E-state index contributed by atoms with van der Waals surface area (Å²) in [6.45, 7) is 3.01. The van der Waals surface area contributed by atoms with Gasteiger partial charge in [-0.25, -0.2) is 14.4 Å². The summed E-state index contributed by atoms with van der Waals surface area (Å²) in [6.07, 6.45) is -5.39. The highest BCUT2D eigenvalue weighted by atomic mass is 32.2. The van der Waals surface area contributed by atoms with Crippen molar-refractivity contribution < 1.29 is 42.9 Å². The molecule has 2 aromatic rings. The average Bonchev–Trinajstić information content (AvgIpc) is 2.87. The third kappa shape index (κ3) is 6.61. The van der Waals surface area contributed by atoms with E-state index in [0.717, 1.165) is 14.0 Å². The molecule has 0 radical (unpaired) electrons. The molecule has 0 saturated carbocycles. The topological polar surface area (TPSA) is 114 Å². The van der Waals surface area contributed by atoms with Crippen molar-refractivity contribution in [1.82, 2.24) is 0 Å². The molecule has 0 unspecified atom stereocenters. The van der Waals surface area contributed by atoms with Gasteiger partial charge < -0.3 is 23.7 Å². The maximum Gasteiger partial charge on any atom is 0.339 e. The molecule has 10 heteroatoms. The van der Waals surface area contributed by atoms with Crippen LogP contribution in [0.3, 0.4) is 0 Å². The minimum Gasteiger partial charge on any atom is -0.467 e. The number of ether oxygens (including phenoxy) is 5. The van der Waals surface area contributed by atoms with Crippen LogP contribution in [0.25, 0.3) is 0 Å². The molecule has 0 aromatic heterocycles. The molecule has 1 fully saturated rings. The van der Waals surface area contributed by atoms with Crippen molar-refractivity contribution in [2.45, 2.75) is 43.7 Å². The molecule has 3 rings (SSSR count). The second kappa shape index (κ2) is 12.4. The molecule has 0 aliphatic carbocycles. The zero-order chi connectivity index (χ0) is 25.4. The van der Waals surface area contributed by atoms with Crippen LogP contribution in [-0.2, 0) is 33.3 Å². The van der Waals surface area contributed by atoms with Crippen molar-refractivity contribution in [2.75, 3.05) is 12.9 Å². The van der Waals surface area contributed by atoms with Gasteiger partial charge in [0, 0.05) is 6.92 Å². The van der Waals surface area contributed by atoms with E-state index in [4.69, 9.17) is 23.7 Å². The summed E-state index contributed by atoms with van der Waals surface area (Å²) in [5.74, 6) is -2.49. The lowest BCUT2D eigenvalue weighted by molar-refractivity contribution is -0.221. The SMILES string of the molecule is CCS[C@@H]1O[C@H](C(=O)OC)[C@@H](OC(=O)c2ccccc2)[C@H](OC(C)=O)[C@H]1OC(=O)c1ccccc1. The number of carbonyl (C=O) groups excluding carboxylic acids is 4. The molecule has 35 heavy (non-hydrogen) atoms. The second-order valence-electron chi connectivity index (χ2n) is 7.45. The number of thioether (sulfide) groups is 1. The van der Waals surface area contributed by atoms with Gasteiger partial charge in [0.05, 0.1) is 18.2 Å². The monoisotopic (exact) mass is 502 g/mol. The van der Waals surface area contributed by atoms with E-state index in [1.54, 1.807) is 48.5 Å². The molecule has 1 aliphatic rings. The van der Waals surface area contributed by atoms with Crippen molar-refractivity contribution in [2.24, 2.45) is 0 Å². The Balaban J connectivity index is 2.00. The summed E-state index contributed by atoms with van der Waals surface area (Å²) in [4.78, 5) is 50.5. The van der Waals surface area contributed by atoms with Crippen molar-refractivity contribution in [1.29, 1.82) is 0 Å². The standard InChI is InChI=1S/C25H26O9S/c1-4-35-25-21(33-23(28)17-13-9-6-10-14-17)19(31-15(2)26)18(20(34-25)24(29)30-3)32-22(27)16-11-7-5-8-12-16/h5-14,18-21,25H,4H2,1-3H3/t18-,19-,20-,21+,25-/m0/s1. The van der Waals surface area contributed by atoms with Gasteiger partial charge in [0.25, 0.3) is 0 Å². The maximum absolute atomic E-state index is 12.9. The van der Waals surface area contributed by atoms with Crippen molar-refractivity contribution in [3.8, 4) is 0 Å². The van der Waals surface area contributed by atoms with Gasteiger partial charge in [-0.15, -0.1) is 11.8 Å². The van der Waals surface area contributed by atoms with E-state index in [1.165, 1.54) is 23.9 Å². The molecule has 0 spiro atoms. The first-order valence-corrected chi connectivity index (χ1v) is 11.9. The summed E-state index contributed by atoms with van der Waals surface area (Å²) < 4.78 is 27.6. The number of carbonyl (C=O) groups is 4. The van der Waals surface area contributed by atoms with Crippen LogP contribution in [0.1, 0.15) is 34.6 Å². The normalized spacial score (nSPS) is 23.6. The van der Waals surface area contributed by atoms with Crippen molar-refractivity contribution >= 4 is 35.6 Å². The predicted octanol–water partition coefficient (Wildman–Crippen LogP) is 3.02. The lowest BCUT2D eigenvalue weighted by Crippen LogP contribution is -2.62. The fourth-order valence-electron chi connectivity index (χ4n) is 3.53. The van der Waals surface area contributed by atoms with E-state index in [-0.39, 0.29) is 11.1 Å². The Morgan fingerprint density at radius 1 is 0.800 bits per heavy atom. The highest BCUT2D eigenvalue weighted by Crippen LogP contribution is 2.35. The molecular formula is C25H26O9S. The zero-order valence-electron chi connectivity index (χ0n) is 19.4. The Hall–Kier alpha value is -3.37. The fourth-order valence-corrected chi connectivity index (χ4v) is 4.45. The lowest BCUT2D eigenvalue weighted by Gasteiger charge is -2.43. The summed E-state index contributed by atoms with van der Waals surface area (Å²) in [6, 6.07) is 16.3. The summed E-state index contributed by atoms with van der Waals surface area (Å²) in [7, 11) is 1.16. The predicted molar refractivity (Wildman–Crippen MR) is 126 cm³/mol. The van der Waals surface area contributed by atoms with Gasteiger partial charge in [-0.2, -0.15) is 0 Å². The van der Waals surface area contributed by atoms with Gasteiger partial charge in [-0.3, -0.25) is 4.79 Å². The molecule has 0 amide bonds. The van der Waals surface area contributed by atoms with Crippen molar-refractivity contribution in [3.05, 3.63) is 71.8 Å². The molecular weight excluding hydrogens is 476 g/mol. The van der Waals surface area contributed by atoms with Crippen LogP contribution in [0.5, 0.6) is 0 Å². The Morgan fingerprint density at radius 3 is 1.77 bits per heavy atom. The summed E-state index contributed by atoms with van der Waals surface area (Å²) in [5, 5.41) is 0. The Morgan fingerprint density at radius 2 is 1.31 bits per heavy atom. The molecule has 0 bridgehead atoms. The number of esters is 4. The first-order valence-electron chi connectivity index (χ1n) is 10.9. The third-order valence-corrected chi connectivity index (χ3v) is 6.11. The second-order valence-corrected chi connectivity index (χ2v) is 8.82. The van der Waals surface area contributed by atoms with E-state index in [2.05, 4.69) is 0 Å². The Kier molecular flexibility index (Phi) is 9.27. The first-order chi connectivity index (χ1) is 16.8. The van der Waals surface area contributed by atoms with Crippen LogP contribution in [0.2, 0.25) is 0 Å². The van der Waals surface area contributed by atoms with Crippen LogP contribution in [0, 0.1) is 0 Å². The summed E-state index contributed by atoms with van der Waals surface area (Å²) >= 11 is 1.24. The van der Waals surface area contributed by atoms with Crippen LogP contribution in [-0.4, -0.2) is 66.6 Å². The highest BCUT2D eigenvalue weighted by Gasteiger charge is 2.55. The molecule has 1 aliphatic heterocycles. The molecule has 1 heterocycles. The molecule has 2 aromatic carbocycles. The number of methoxy groups -OCH3 is 1. The van der Waals surface area contributed by atoms with Gasteiger partial charge in [0.2, 0.25) is 0 Å². The minimum atomic E-state index is -1.44. The molecule has 5 atom stereocenters. The number of benzene rings is 2. The molecule has 9 nitrogen and oxygen atoms in total. The van der Waals surface area contributed by atoms with E-state index >= 15 is 0 Å². The fraction of sp³-hybridized carbons (Fsp3) is 0.360. The lowest BCUT2D eigenvalue weighted by atomic mass is 9.98. The van der Waals surface area contributed by atoms with Crippen LogP contribution in [0.15, 0.2) is 60.7 Å². The van der Waals surface area contributed by atoms with E-state index in [0.29, 0.717) is 5.75 Å². The van der Waals surface area contributed by atoms with E-state index in [1.807, 2.05) is 6.92 Å². The zero-order valence-corrected chi connectivity index (χ0v) is 20.3. The smallest absolute Gasteiger partial charge is 0.339 e. The van der Waals surface area contributed by atoms with Gasteiger partial charge in [0.15, 0.2) is 24.4 Å². The van der Waals surface area contributed by atoms with Crippen LogP contribution in [0.4, 0.5) is 0 Å². The van der Waals surface area contributed by atoms with Gasteiger partial charge in [-0.05, 0) is 30.0 Å².